The Balaban J connectivity index is 2.19. The monoisotopic (exact) mass is 310 g/mol. The van der Waals surface area contributed by atoms with Gasteiger partial charge in [-0.2, -0.15) is 0 Å². The lowest BCUT2D eigenvalue weighted by Crippen LogP contribution is -2.68. The fraction of sp³-hybridized carbons (Fsp3) is 0.600. The Labute approximate surface area is 139 Å². The number of hydrogen-bond acceptors (Lipinski definition) is 1. The van der Waals surface area contributed by atoms with E-state index in [0.29, 0.717) is 0 Å². The molecule has 0 spiro atoms. The summed E-state index contributed by atoms with van der Waals surface area (Å²) in [6.07, 6.45) is 8.97. The van der Waals surface area contributed by atoms with Crippen LogP contribution in [0.4, 0.5) is 0 Å². The van der Waals surface area contributed by atoms with E-state index in [1.165, 1.54) is 41.2 Å². The maximum absolute atomic E-state index is 4.74. The number of imidazole rings is 1. The van der Waals surface area contributed by atoms with Gasteiger partial charge in [0.25, 0.3) is 5.82 Å². The smallest absolute Gasteiger partial charge is 0.260 e. The Kier molecular flexibility index (Phi) is 3.04. The van der Waals surface area contributed by atoms with Crippen LogP contribution in [0.25, 0.3) is 11.4 Å². The first-order valence-electron chi connectivity index (χ1n) is 9.15. The Bertz CT molecular complexity index is 782. The molecule has 3 nitrogen and oxygen atoms in total. The highest BCUT2D eigenvalue weighted by atomic mass is 15.2. The van der Waals surface area contributed by atoms with Crippen LogP contribution >= 0.6 is 0 Å². The third-order valence-electron chi connectivity index (χ3n) is 7.02. The average molecular weight is 310 g/mol. The largest absolute Gasteiger partial charge is 0.291 e. The van der Waals surface area contributed by atoms with E-state index < -0.39 is 0 Å². The van der Waals surface area contributed by atoms with Gasteiger partial charge in [-0.1, -0.05) is 20.8 Å². The molecule has 0 radical (unpaired) electrons. The first-order chi connectivity index (χ1) is 11.0. The first-order valence-corrected chi connectivity index (χ1v) is 9.15. The lowest BCUT2D eigenvalue weighted by molar-refractivity contribution is -0.765. The summed E-state index contributed by atoms with van der Waals surface area (Å²) in [7, 11) is 0. The number of rotatable bonds is 3. The summed E-state index contributed by atoms with van der Waals surface area (Å²) in [5, 5.41) is 0. The Morgan fingerprint density at radius 3 is 2.61 bits per heavy atom. The Hall–Kier alpha value is -1.64. The lowest BCUT2D eigenvalue weighted by Gasteiger charge is -2.50. The second-order valence-electron chi connectivity index (χ2n) is 7.46. The van der Waals surface area contributed by atoms with Crippen molar-refractivity contribution in [3.8, 4) is 11.4 Å². The molecule has 0 aliphatic carbocycles. The van der Waals surface area contributed by atoms with Crippen LogP contribution in [0.5, 0.6) is 0 Å². The summed E-state index contributed by atoms with van der Waals surface area (Å²) >= 11 is 0. The SMILES string of the molecule is CCC1(CC)c2ccnc3c2-c2n(c(C)c[n+]2C1(C)CC)CC3. The second-order valence-corrected chi connectivity index (χ2v) is 7.46. The van der Waals surface area contributed by atoms with Crippen molar-refractivity contribution in [2.24, 2.45) is 0 Å². The second kappa shape index (κ2) is 4.68. The van der Waals surface area contributed by atoms with Gasteiger partial charge in [-0.15, -0.1) is 0 Å². The molecule has 0 fully saturated rings. The minimum absolute atomic E-state index is 0.116. The molecule has 0 N–H and O–H groups in total. The normalized spacial score (nSPS) is 23.7. The van der Waals surface area contributed by atoms with Crippen LogP contribution < -0.4 is 4.57 Å². The first kappa shape index (κ1) is 14.9. The van der Waals surface area contributed by atoms with Crippen molar-refractivity contribution in [3.63, 3.8) is 0 Å². The molecule has 1 unspecified atom stereocenters. The number of hydrogen-bond donors (Lipinski definition) is 0. The average Bonchev–Trinajstić information content (AvgIpc) is 2.93. The topological polar surface area (TPSA) is 21.7 Å². The van der Waals surface area contributed by atoms with E-state index in [1.54, 1.807) is 0 Å². The third-order valence-corrected chi connectivity index (χ3v) is 7.02. The molecule has 0 saturated carbocycles. The molecular weight excluding hydrogens is 282 g/mol. The number of aromatic nitrogens is 3. The zero-order valence-corrected chi connectivity index (χ0v) is 15.1. The minimum atomic E-state index is 0.116. The van der Waals surface area contributed by atoms with E-state index in [9.17, 15) is 0 Å². The molecule has 2 aliphatic rings. The lowest BCUT2D eigenvalue weighted by atomic mass is 9.58. The van der Waals surface area contributed by atoms with E-state index in [0.717, 1.165) is 19.4 Å². The van der Waals surface area contributed by atoms with Gasteiger partial charge in [-0.25, -0.2) is 9.13 Å². The fourth-order valence-electron chi connectivity index (χ4n) is 5.51. The van der Waals surface area contributed by atoms with Crippen LogP contribution in [-0.2, 0) is 23.9 Å². The van der Waals surface area contributed by atoms with E-state index in [-0.39, 0.29) is 11.0 Å². The summed E-state index contributed by atoms with van der Waals surface area (Å²) in [6.45, 7) is 12.9. The Morgan fingerprint density at radius 1 is 1.22 bits per heavy atom. The highest BCUT2D eigenvalue weighted by molar-refractivity contribution is 5.67. The maximum Gasteiger partial charge on any atom is 0.291 e. The van der Waals surface area contributed by atoms with Crippen molar-refractivity contribution in [2.75, 3.05) is 0 Å². The van der Waals surface area contributed by atoms with Crippen LogP contribution in [-0.4, -0.2) is 9.55 Å². The summed E-state index contributed by atoms with van der Waals surface area (Å²) in [5.41, 5.74) is 5.94. The quantitative estimate of drug-likeness (QED) is 0.788. The van der Waals surface area contributed by atoms with E-state index in [2.05, 4.69) is 56.0 Å². The van der Waals surface area contributed by atoms with Crippen LogP contribution in [0.15, 0.2) is 18.5 Å². The van der Waals surface area contributed by atoms with Crippen molar-refractivity contribution >= 4 is 0 Å². The molecule has 4 heterocycles. The number of pyridine rings is 1. The van der Waals surface area contributed by atoms with Gasteiger partial charge in [0.2, 0.25) is 0 Å². The molecule has 0 aromatic carbocycles. The van der Waals surface area contributed by atoms with Crippen molar-refractivity contribution in [3.05, 3.63) is 35.4 Å². The van der Waals surface area contributed by atoms with E-state index >= 15 is 0 Å². The van der Waals surface area contributed by atoms with Gasteiger partial charge in [0.15, 0.2) is 0 Å². The van der Waals surface area contributed by atoms with Crippen molar-refractivity contribution < 1.29 is 4.57 Å². The van der Waals surface area contributed by atoms with Gasteiger partial charge in [-0.3, -0.25) is 4.98 Å². The molecule has 122 valence electrons. The molecule has 23 heavy (non-hydrogen) atoms. The summed E-state index contributed by atoms with van der Waals surface area (Å²) in [5.74, 6) is 1.40. The van der Waals surface area contributed by atoms with Gasteiger partial charge in [0.05, 0.1) is 17.8 Å². The summed E-state index contributed by atoms with van der Waals surface area (Å²) in [4.78, 5) is 4.74. The van der Waals surface area contributed by atoms with Gasteiger partial charge in [-0.05, 0) is 37.8 Å². The maximum atomic E-state index is 4.74. The van der Waals surface area contributed by atoms with E-state index in [1.807, 2.05) is 6.20 Å². The number of aryl methyl sites for hydroxylation is 2. The molecule has 2 aliphatic heterocycles. The summed E-state index contributed by atoms with van der Waals surface area (Å²) < 4.78 is 5.11. The van der Waals surface area contributed by atoms with Crippen molar-refractivity contribution in [1.29, 1.82) is 0 Å². The summed E-state index contributed by atoms with van der Waals surface area (Å²) in [6, 6.07) is 2.31. The van der Waals surface area contributed by atoms with Crippen molar-refractivity contribution in [2.45, 2.75) is 77.8 Å². The molecular formula is C20H28N3+. The van der Waals surface area contributed by atoms with Gasteiger partial charge in [0, 0.05) is 25.0 Å². The molecule has 1 atom stereocenters. The molecule has 2 aromatic rings. The van der Waals surface area contributed by atoms with Gasteiger partial charge < -0.3 is 0 Å². The van der Waals surface area contributed by atoms with E-state index in [4.69, 9.17) is 4.98 Å². The third kappa shape index (κ3) is 1.51. The molecule has 0 bridgehead atoms. The predicted octanol–water partition coefficient (Wildman–Crippen LogP) is 3.90. The van der Waals surface area contributed by atoms with Crippen LogP contribution in [0.1, 0.15) is 63.9 Å². The number of nitrogens with zero attached hydrogens (tertiary/aromatic N) is 3. The molecule has 3 heteroatoms. The van der Waals surface area contributed by atoms with Gasteiger partial charge in [0.1, 0.15) is 17.4 Å². The standard InChI is InChI=1S/C20H28N3/c1-6-19(5)20(7-2,8-3)15-9-11-21-16-10-12-22-14(4)13-23(19)18(22)17(15)16/h9,11,13H,6-8,10,12H2,1-5H3/q+1. The highest BCUT2D eigenvalue weighted by Gasteiger charge is 2.58. The van der Waals surface area contributed by atoms with Crippen LogP contribution in [0.2, 0.25) is 0 Å². The molecule has 2 aromatic heterocycles. The van der Waals surface area contributed by atoms with Crippen LogP contribution in [0, 0.1) is 6.92 Å². The zero-order chi connectivity index (χ0) is 16.4. The molecule has 0 amide bonds. The minimum Gasteiger partial charge on any atom is -0.260 e. The zero-order valence-electron chi connectivity index (χ0n) is 15.1. The fourth-order valence-corrected chi connectivity index (χ4v) is 5.51. The molecule has 0 saturated heterocycles. The Morgan fingerprint density at radius 2 is 1.96 bits per heavy atom. The van der Waals surface area contributed by atoms with Crippen molar-refractivity contribution in [1.82, 2.24) is 9.55 Å². The predicted molar refractivity (Wildman–Crippen MR) is 92.5 cm³/mol. The molecule has 4 rings (SSSR count). The highest BCUT2D eigenvalue weighted by Crippen LogP contribution is 2.53. The van der Waals surface area contributed by atoms with Gasteiger partial charge >= 0.3 is 0 Å². The van der Waals surface area contributed by atoms with Crippen LogP contribution in [0.3, 0.4) is 0 Å².